The molecule has 1 N–H and O–H groups in total. The van der Waals surface area contributed by atoms with Crippen molar-refractivity contribution in [3.05, 3.63) is 0 Å². The largest absolute Gasteiger partial charge is 0.317 e. The van der Waals surface area contributed by atoms with Gasteiger partial charge in [-0.3, -0.25) is 0 Å². The van der Waals surface area contributed by atoms with E-state index in [1.165, 1.54) is 70.9 Å². The third kappa shape index (κ3) is 16.0. The maximum absolute atomic E-state index is 3.57. The molecule has 0 aromatic rings. The first kappa shape index (κ1) is 18.0. The molecule has 0 fully saturated rings. The lowest BCUT2D eigenvalue weighted by molar-refractivity contribution is 0.499. The van der Waals surface area contributed by atoms with Crippen molar-refractivity contribution in [1.82, 2.24) is 5.32 Å². The van der Waals surface area contributed by atoms with Gasteiger partial charge < -0.3 is 5.32 Å². The average Bonchev–Trinajstić information content (AvgIpc) is 2.29. The van der Waals surface area contributed by atoms with Crippen LogP contribution in [0.5, 0.6) is 0 Å². The minimum atomic E-state index is 0.879. The first-order chi connectivity index (χ1) is 8.63. The monoisotopic (exact) mass is 255 g/mol. The van der Waals surface area contributed by atoms with E-state index in [9.17, 15) is 0 Å². The fourth-order valence-corrected chi connectivity index (χ4v) is 2.26. The topological polar surface area (TPSA) is 12.0 Å². The second kappa shape index (κ2) is 13.4. The highest BCUT2D eigenvalue weighted by Gasteiger charge is 1.95. The molecule has 1 nitrogen and oxygen atoms in total. The van der Waals surface area contributed by atoms with E-state index < -0.39 is 0 Å². The van der Waals surface area contributed by atoms with Crippen LogP contribution in [-0.4, -0.2) is 13.1 Å². The molecular formula is C17H37N. The van der Waals surface area contributed by atoms with Crippen molar-refractivity contribution in [2.75, 3.05) is 13.1 Å². The summed E-state index contributed by atoms with van der Waals surface area (Å²) in [6.45, 7) is 11.7. The molecule has 0 aliphatic heterocycles. The highest BCUT2D eigenvalue weighted by atomic mass is 14.8. The number of nitrogens with one attached hydrogen (secondary N) is 1. The third-order valence-electron chi connectivity index (χ3n) is 3.52. The molecule has 18 heavy (non-hydrogen) atoms. The molecule has 0 aromatic carbocycles. The van der Waals surface area contributed by atoms with E-state index in [1.54, 1.807) is 0 Å². The summed E-state index contributed by atoms with van der Waals surface area (Å²) in [4.78, 5) is 0. The summed E-state index contributed by atoms with van der Waals surface area (Å²) in [5.74, 6) is 1.76. The van der Waals surface area contributed by atoms with Gasteiger partial charge in [-0.25, -0.2) is 0 Å². The lowest BCUT2D eigenvalue weighted by atomic mass is 10.0. The second-order valence-corrected chi connectivity index (χ2v) is 6.59. The summed E-state index contributed by atoms with van der Waals surface area (Å²) in [7, 11) is 0. The van der Waals surface area contributed by atoms with E-state index >= 15 is 0 Å². The molecule has 0 heterocycles. The number of hydrogen-bond acceptors (Lipinski definition) is 1. The van der Waals surface area contributed by atoms with Crippen LogP contribution in [0, 0.1) is 11.8 Å². The molecule has 0 rings (SSSR count). The Morgan fingerprint density at radius 3 is 1.39 bits per heavy atom. The smallest absolute Gasteiger partial charge is 0.00489 e. The van der Waals surface area contributed by atoms with E-state index in [0.29, 0.717) is 0 Å². The van der Waals surface area contributed by atoms with Crippen molar-refractivity contribution in [1.29, 1.82) is 0 Å². The Hall–Kier alpha value is -0.0400. The van der Waals surface area contributed by atoms with E-state index in [-0.39, 0.29) is 0 Å². The van der Waals surface area contributed by atoms with Crippen LogP contribution < -0.4 is 5.32 Å². The Balaban J connectivity index is 2.95. The molecule has 0 unspecified atom stereocenters. The van der Waals surface area contributed by atoms with Gasteiger partial charge in [-0.05, 0) is 37.8 Å². The van der Waals surface area contributed by atoms with Crippen LogP contribution in [0.15, 0.2) is 0 Å². The van der Waals surface area contributed by atoms with Gasteiger partial charge in [0.15, 0.2) is 0 Å². The van der Waals surface area contributed by atoms with Gasteiger partial charge in [0, 0.05) is 0 Å². The molecule has 0 aromatic heterocycles. The van der Waals surface area contributed by atoms with Gasteiger partial charge in [0.1, 0.15) is 0 Å². The fraction of sp³-hybridized carbons (Fsp3) is 1.00. The molecule has 0 aliphatic rings. The normalized spacial score (nSPS) is 11.7. The second-order valence-electron chi connectivity index (χ2n) is 6.59. The molecule has 110 valence electrons. The predicted octanol–water partition coefficient (Wildman–Crippen LogP) is 5.40. The Labute approximate surface area is 116 Å². The van der Waals surface area contributed by atoms with Gasteiger partial charge in [0.05, 0.1) is 0 Å². The highest BCUT2D eigenvalue weighted by Crippen LogP contribution is 2.09. The molecule has 0 aliphatic carbocycles. The maximum Gasteiger partial charge on any atom is -0.00489 e. The Kier molecular flexibility index (Phi) is 13.4. The number of unbranched alkanes of at least 4 members (excludes halogenated alkanes) is 5. The summed E-state index contributed by atoms with van der Waals surface area (Å²) in [6, 6.07) is 0. The first-order valence-corrected chi connectivity index (χ1v) is 8.33. The van der Waals surface area contributed by atoms with Crippen LogP contribution in [0.2, 0.25) is 0 Å². The lowest BCUT2D eigenvalue weighted by Crippen LogP contribution is -2.16. The van der Waals surface area contributed by atoms with Crippen LogP contribution in [0.4, 0.5) is 0 Å². The van der Waals surface area contributed by atoms with E-state index in [4.69, 9.17) is 0 Å². The van der Waals surface area contributed by atoms with Crippen LogP contribution in [-0.2, 0) is 0 Å². The van der Waals surface area contributed by atoms with Crippen molar-refractivity contribution in [2.45, 2.75) is 85.5 Å². The molecule has 0 spiro atoms. The van der Waals surface area contributed by atoms with Crippen LogP contribution in [0.3, 0.4) is 0 Å². The van der Waals surface area contributed by atoms with Gasteiger partial charge in [-0.1, -0.05) is 72.6 Å². The van der Waals surface area contributed by atoms with E-state index in [0.717, 1.165) is 11.8 Å². The molecule has 0 radical (unpaired) electrons. The Morgan fingerprint density at radius 1 is 0.556 bits per heavy atom. The summed E-state index contributed by atoms with van der Waals surface area (Å²) in [5.41, 5.74) is 0. The maximum atomic E-state index is 3.57. The Morgan fingerprint density at radius 2 is 0.944 bits per heavy atom. The van der Waals surface area contributed by atoms with Crippen LogP contribution >= 0.6 is 0 Å². The van der Waals surface area contributed by atoms with Gasteiger partial charge in [0.2, 0.25) is 0 Å². The minimum Gasteiger partial charge on any atom is -0.317 e. The average molecular weight is 255 g/mol. The predicted molar refractivity (Wildman–Crippen MR) is 84.1 cm³/mol. The summed E-state index contributed by atoms with van der Waals surface area (Å²) in [6.07, 6.45) is 12.6. The van der Waals surface area contributed by atoms with Crippen LogP contribution in [0.25, 0.3) is 0 Å². The molecular weight excluding hydrogens is 218 g/mol. The third-order valence-corrected chi connectivity index (χ3v) is 3.52. The SMILES string of the molecule is CC(C)CCCCCCNCCCCCC(C)C. The van der Waals surface area contributed by atoms with Gasteiger partial charge in [0.25, 0.3) is 0 Å². The number of hydrogen-bond donors (Lipinski definition) is 1. The zero-order valence-corrected chi connectivity index (χ0v) is 13.4. The zero-order chi connectivity index (χ0) is 13.6. The summed E-state index contributed by atoms with van der Waals surface area (Å²) >= 11 is 0. The van der Waals surface area contributed by atoms with Gasteiger partial charge in [-0.2, -0.15) is 0 Å². The quantitative estimate of drug-likeness (QED) is 0.435. The highest BCUT2D eigenvalue weighted by molar-refractivity contribution is 4.53. The van der Waals surface area contributed by atoms with Crippen molar-refractivity contribution >= 4 is 0 Å². The van der Waals surface area contributed by atoms with Crippen LogP contribution in [0.1, 0.15) is 85.5 Å². The van der Waals surface area contributed by atoms with Crippen molar-refractivity contribution in [3.63, 3.8) is 0 Å². The first-order valence-electron chi connectivity index (χ1n) is 8.33. The molecule has 0 atom stereocenters. The van der Waals surface area contributed by atoms with Crippen molar-refractivity contribution in [2.24, 2.45) is 11.8 Å². The minimum absolute atomic E-state index is 0.879. The van der Waals surface area contributed by atoms with Crippen molar-refractivity contribution in [3.8, 4) is 0 Å². The summed E-state index contributed by atoms with van der Waals surface area (Å²) in [5, 5.41) is 3.57. The van der Waals surface area contributed by atoms with Crippen molar-refractivity contribution < 1.29 is 0 Å². The molecule has 1 heteroatoms. The van der Waals surface area contributed by atoms with Gasteiger partial charge in [-0.15, -0.1) is 0 Å². The standard InChI is InChI=1S/C17H37N/c1-16(2)12-8-5-6-10-14-18-15-11-7-9-13-17(3)4/h16-18H,5-15H2,1-4H3. The van der Waals surface area contributed by atoms with E-state index in [1.807, 2.05) is 0 Å². The summed E-state index contributed by atoms with van der Waals surface area (Å²) < 4.78 is 0. The Bertz CT molecular complexity index is 134. The molecule has 0 bridgehead atoms. The zero-order valence-electron chi connectivity index (χ0n) is 13.4. The lowest BCUT2D eigenvalue weighted by Gasteiger charge is -2.07. The van der Waals surface area contributed by atoms with E-state index in [2.05, 4.69) is 33.0 Å². The molecule has 0 amide bonds. The fourth-order valence-electron chi connectivity index (χ4n) is 2.26. The van der Waals surface area contributed by atoms with Gasteiger partial charge >= 0.3 is 0 Å². The molecule has 0 saturated heterocycles. The molecule has 0 saturated carbocycles. The number of rotatable bonds is 13.